The van der Waals surface area contributed by atoms with E-state index in [4.69, 9.17) is 16.0 Å². The van der Waals surface area contributed by atoms with Crippen LogP contribution in [0, 0.1) is 6.92 Å². The van der Waals surface area contributed by atoms with Gasteiger partial charge in [0.15, 0.2) is 5.13 Å². The lowest BCUT2D eigenvalue weighted by Gasteiger charge is -1.99. The predicted octanol–water partition coefficient (Wildman–Crippen LogP) is 4.88. The fourth-order valence-electron chi connectivity index (χ4n) is 2.52. The summed E-state index contributed by atoms with van der Waals surface area (Å²) in [6.07, 6.45) is 0.591. The molecule has 6 nitrogen and oxygen atoms in total. The van der Waals surface area contributed by atoms with Crippen molar-refractivity contribution in [3.8, 4) is 11.5 Å². The van der Waals surface area contributed by atoms with Gasteiger partial charge >= 0.3 is 0 Å². The number of hydrogen-bond acceptors (Lipinski definition) is 6. The van der Waals surface area contributed by atoms with E-state index in [0.29, 0.717) is 28.4 Å². The summed E-state index contributed by atoms with van der Waals surface area (Å²) < 4.78 is 6.57. The van der Waals surface area contributed by atoms with Crippen LogP contribution in [0.5, 0.6) is 0 Å². The minimum atomic E-state index is -0.157. The molecule has 0 aliphatic heterocycles. The summed E-state index contributed by atoms with van der Waals surface area (Å²) in [7, 11) is 0. The van der Waals surface area contributed by atoms with Crippen molar-refractivity contribution in [3.05, 3.63) is 58.9 Å². The van der Waals surface area contributed by atoms with Crippen molar-refractivity contribution >= 4 is 44.2 Å². The van der Waals surface area contributed by atoms with Crippen LogP contribution in [0.2, 0.25) is 5.02 Å². The smallest absolute Gasteiger partial charge is 0.247 e. The molecule has 1 amide bonds. The lowest BCUT2D eigenvalue weighted by molar-refractivity contribution is -0.116. The van der Waals surface area contributed by atoms with Crippen molar-refractivity contribution in [2.75, 3.05) is 5.32 Å². The maximum absolute atomic E-state index is 12.2. The average Bonchev–Trinajstić information content (AvgIpc) is 3.26. The molecule has 0 bridgehead atoms. The molecule has 136 valence electrons. The molecule has 27 heavy (non-hydrogen) atoms. The lowest BCUT2D eigenvalue weighted by Crippen LogP contribution is -2.12. The van der Waals surface area contributed by atoms with E-state index in [1.807, 2.05) is 43.3 Å². The van der Waals surface area contributed by atoms with Crippen molar-refractivity contribution in [2.24, 2.45) is 0 Å². The summed E-state index contributed by atoms with van der Waals surface area (Å²) in [6, 6.07) is 13.3. The SMILES string of the molecule is Cc1ccc(-c2nnc(CCC(=O)Nc3nc4ccc(Cl)cc4s3)o2)cc1. The second-order valence-electron chi connectivity index (χ2n) is 6.05. The number of benzene rings is 2. The number of rotatable bonds is 5. The first-order valence-electron chi connectivity index (χ1n) is 8.32. The quantitative estimate of drug-likeness (QED) is 0.518. The molecule has 0 saturated carbocycles. The zero-order valence-corrected chi connectivity index (χ0v) is 16.0. The maximum Gasteiger partial charge on any atom is 0.247 e. The fraction of sp³-hybridized carbons (Fsp3) is 0.158. The molecule has 0 spiro atoms. The Morgan fingerprint density at radius 1 is 1.19 bits per heavy atom. The molecule has 2 aromatic heterocycles. The summed E-state index contributed by atoms with van der Waals surface area (Å²) in [6.45, 7) is 2.02. The summed E-state index contributed by atoms with van der Waals surface area (Å²) in [5, 5.41) is 12.0. The summed E-state index contributed by atoms with van der Waals surface area (Å²) in [5.74, 6) is 0.723. The van der Waals surface area contributed by atoms with E-state index >= 15 is 0 Å². The van der Waals surface area contributed by atoms with Gasteiger partial charge in [-0.15, -0.1) is 10.2 Å². The Labute approximate surface area is 164 Å². The first-order chi connectivity index (χ1) is 13.1. The standard InChI is InChI=1S/C19H15ClN4O2S/c1-11-2-4-12(5-3-11)18-24-23-17(26-18)9-8-16(25)22-19-21-14-7-6-13(20)10-15(14)27-19/h2-7,10H,8-9H2,1H3,(H,21,22,25). The number of aryl methyl sites for hydroxylation is 2. The van der Waals surface area contributed by atoms with Gasteiger partial charge in [0.2, 0.25) is 17.7 Å². The molecule has 0 unspecified atom stereocenters. The second kappa shape index (κ2) is 7.46. The number of hydrogen-bond donors (Lipinski definition) is 1. The number of fused-ring (bicyclic) bond motifs is 1. The van der Waals surface area contributed by atoms with E-state index in [9.17, 15) is 4.79 Å². The van der Waals surface area contributed by atoms with Crippen LogP contribution in [0.15, 0.2) is 46.9 Å². The van der Waals surface area contributed by atoms with Crippen LogP contribution in [0.4, 0.5) is 5.13 Å². The van der Waals surface area contributed by atoms with Crippen LogP contribution in [-0.4, -0.2) is 21.1 Å². The Bertz CT molecular complexity index is 1100. The van der Waals surface area contributed by atoms with Crippen molar-refractivity contribution in [2.45, 2.75) is 19.8 Å². The van der Waals surface area contributed by atoms with Gasteiger partial charge in [0.25, 0.3) is 0 Å². The number of nitrogens with zero attached hydrogens (tertiary/aromatic N) is 3. The zero-order chi connectivity index (χ0) is 18.8. The molecule has 0 radical (unpaired) electrons. The Morgan fingerprint density at radius 3 is 2.81 bits per heavy atom. The van der Waals surface area contributed by atoms with Gasteiger partial charge in [0, 0.05) is 23.4 Å². The van der Waals surface area contributed by atoms with E-state index in [-0.39, 0.29) is 12.3 Å². The topological polar surface area (TPSA) is 80.9 Å². The molecular weight excluding hydrogens is 384 g/mol. The average molecular weight is 399 g/mol. The van der Waals surface area contributed by atoms with Gasteiger partial charge in [0.05, 0.1) is 10.2 Å². The molecule has 4 rings (SSSR count). The fourth-order valence-corrected chi connectivity index (χ4v) is 3.68. The second-order valence-corrected chi connectivity index (χ2v) is 7.51. The number of carbonyl (C=O) groups excluding carboxylic acids is 1. The maximum atomic E-state index is 12.2. The Hall–Kier alpha value is -2.77. The largest absolute Gasteiger partial charge is 0.421 e. The Morgan fingerprint density at radius 2 is 2.00 bits per heavy atom. The van der Waals surface area contributed by atoms with Gasteiger partial charge in [-0.3, -0.25) is 4.79 Å². The Kier molecular flexibility index (Phi) is 4.87. The third-order valence-corrected chi connectivity index (χ3v) is 5.10. The molecule has 2 aromatic carbocycles. The lowest BCUT2D eigenvalue weighted by atomic mass is 10.1. The molecule has 0 fully saturated rings. The van der Waals surface area contributed by atoms with E-state index in [1.54, 1.807) is 6.07 Å². The van der Waals surface area contributed by atoms with Crippen molar-refractivity contribution in [3.63, 3.8) is 0 Å². The minimum absolute atomic E-state index is 0.157. The number of thiazole rings is 1. The van der Waals surface area contributed by atoms with E-state index < -0.39 is 0 Å². The molecule has 0 saturated heterocycles. The van der Waals surface area contributed by atoms with Gasteiger partial charge in [-0.1, -0.05) is 40.6 Å². The van der Waals surface area contributed by atoms with Crippen LogP contribution in [0.1, 0.15) is 17.9 Å². The van der Waals surface area contributed by atoms with Crippen molar-refractivity contribution < 1.29 is 9.21 Å². The number of nitrogens with one attached hydrogen (secondary N) is 1. The van der Waals surface area contributed by atoms with Gasteiger partial charge in [-0.2, -0.15) is 0 Å². The first-order valence-corrected chi connectivity index (χ1v) is 9.51. The third-order valence-electron chi connectivity index (χ3n) is 3.93. The number of anilines is 1. The molecule has 4 aromatic rings. The minimum Gasteiger partial charge on any atom is -0.421 e. The monoisotopic (exact) mass is 398 g/mol. The van der Waals surface area contributed by atoms with Crippen LogP contribution < -0.4 is 5.32 Å². The number of carbonyl (C=O) groups is 1. The third kappa shape index (κ3) is 4.15. The zero-order valence-electron chi connectivity index (χ0n) is 14.4. The summed E-state index contributed by atoms with van der Waals surface area (Å²) >= 11 is 7.36. The van der Waals surface area contributed by atoms with Crippen LogP contribution in [0.25, 0.3) is 21.7 Å². The van der Waals surface area contributed by atoms with Gasteiger partial charge in [-0.25, -0.2) is 4.98 Å². The normalized spacial score (nSPS) is 11.0. The van der Waals surface area contributed by atoms with E-state index in [1.165, 1.54) is 11.3 Å². The Balaban J connectivity index is 1.36. The number of amides is 1. The molecule has 0 aliphatic carbocycles. The summed E-state index contributed by atoms with van der Waals surface area (Å²) in [5.41, 5.74) is 2.82. The van der Waals surface area contributed by atoms with Crippen LogP contribution in [0.3, 0.4) is 0 Å². The van der Waals surface area contributed by atoms with Gasteiger partial charge in [0.1, 0.15) is 0 Å². The van der Waals surface area contributed by atoms with Crippen LogP contribution >= 0.6 is 22.9 Å². The van der Waals surface area contributed by atoms with Crippen molar-refractivity contribution in [1.82, 2.24) is 15.2 Å². The number of aromatic nitrogens is 3. The molecule has 0 atom stereocenters. The highest BCUT2D eigenvalue weighted by Crippen LogP contribution is 2.28. The number of halogens is 1. The van der Waals surface area contributed by atoms with Gasteiger partial charge in [-0.05, 0) is 37.3 Å². The van der Waals surface area contributed by atoms with E-state index in [2.05, 4.69) is 20.5 Å². The molecule has 8 heteroatoms. The molecule has 0 aliphatic rings. The van der Waals surface area contributed by atoms with Gasteiger partial charge < -0.3 is 9.73 Å². The predicted molar refractivity (Wildman–Crippen MR) is 106 cm³/mol. The summed E-state index contributed by atoms with van der Waals surface area (Å²) in [4.78, 5) is 16.6. The first kappa shape index (κ1) is 17.6. The highest BCUT2D eigenvalue weighted by atomic mass is 35.5. The molecule has 1 N–H and O–H groups in total. The van der Waals surface area contributed by atoms with Crippen molar-refractivity contribution in [1.29, 1.82) is 0 Å². The molecule has 2 heterocycles. The van der Waals surface area contributed by atoms with Crippen LogP contribution in [-0.2, 0) is 11.2 Å². The highest BCUT2D eigenvalue weighted by Gasteiger charge is 2.12. The highest BCUT2D eigenvalue weighted by molar-refractivity contribution is 7.22. The van der Waals surface area contributed by atoms with E-state index in [0.717, 1.165) is 21.3 Å². The molecular formula is C19H15ClN4O2S.